The van der Waals surface area contributed by atoms with E-state index < -0.39 is 0 Å². The Kier molecular flexibility index (Phi) is 7.10. The van der Waals surface area contributed by atoms with E-state index in [4.69, 9.17) is 4.74 Å². The summed E-state index contributed by atoms with van der Waals surface area (Å²) >= 11 is 1.42. The van der Waals surface area contributed by atoms with Gasteiger partial charge in [-0.05, 0) is 60.9 Å². The number of aryl methyl sites for hydroxylation is 1. The maximum Gasteiger partial charge on any atom is 0.270 e. The Labute approximate surface area is 216 Å². The third-order valence-corrected chi connectivity index (χ3v) is 7.55. The van der Waals surface area contributed by atoms with Gasteiger partial charge in [-0.25, -0.2) is 4.98 Å². The summed E-state index contributed by atoms with van der Waals surface area (Å²) in [5.74, 6) is 1.42. The number of aromatic nitrogens is 1. The minimum absolute atomic E-state index is 0.110. The summed E-state index contributed by atoms with van der Waals surface area (Å²) in [7, 11) is 0. The molecular formula is C29H33N3O3S. The number of thiazole rings is 1. The van der Waals surface area contributed by atoms with E-state index in [2.05, 4.69) is 72.4 Å². The Morgan fingerprint density at radius 2 is 2.03 bits per heavy atom. The molecule has 7 heteroatoms. The zero-order chi connectivity index (χ0) is 25.2. The standard InChI is InChI=1S/C29H33N3O3S/c1-18(2)15-30-28(33)25-17-36-26(31-25)16-35-23-10-9-20-11-12-32(29(34)21-7-8-21)27(24(20)14-23)22-6-4-5-19(3)13-22/h4-6,9-10,13-14,17-18,21,27H,7-8,11-12,15-16H2,1-3H3,(H,30,33). The van der Waals surface area contributed by atoms with Gasteiger partial charge in [-0.3, -0.25) is 9.59 Å². The summed E-state index contributed by atoms with van der Waals surface area (Å²) in [6, 6.07) is 14.5. The van der Waals surface area contributed by atoms with Gasteiger partial charge in [0.1, 0.15) is 23.1 Å². The lowest BCUT2D eigenvalue weighted by Crippen LogP contribution is -2.41. The molecule has 2 aromatic carbocycles. The first kappa shape index (κ1) is 24.5. The van der Waals surface area contributed by atoms with E-state index >= 15 is 0 Å². The van der Waals surface area contributed by atoms with Crippen molar-refractivity contribution in [2.24, 2.45) is 11.8 Å². The zero-order valence-electron chi connectivity index (χ0n) is 21.1. The normalized spacial score (nSPS) is 17.1. The average Bonchev–Trinajstić information content (AvgIpc) is 3.62. The van der Waals surface area contributed by atoms with Crippen LogP contribution in [0.3, 0.4) is 0 Å². The van der Waals surface area contributed by atoms with Crippen molar-refractivity contribution in [2.45, 2.75) is 52.7 Å². The number of rotatable bonds is 8. The van der Waals surface area contributed by atoms with Crippen molar-refractivity contribution >= 4 is 23.2 Å². The van der Waals surface area contributed by atoms with Crippen molar-refractivity contribution in [3.05, 3.63) is 80.8 Å². The number of nitrogens with zero attached hydrogens (tertiary/aromatic N) is 2. The number of carbonyl (C=O) groups excluding carboxylic acids is 2. The van der Waals surface area contributed by atoms with Crippen LogP contribution in [0.2, 0.25) is 0 Å². The van der Waals surface area contributed by atoms with Crippen molar-refractivity contribution in [1.29, 1.82) is 0 Å². The van der Waals surface area contributed by atoms with Crippen LogP contribution < -0.4 is 10.1 Å². The second-order valence-electron chi connectivity index (χ2n) is 10.3. The van der Waals surface area contributed by atoms with Gasteiger partial charge in [0, 0.05) is 24.4 Å². The molecule has 1 N–H and O–H groups in total. The van der Waals surface area contributed by atoms with Gasteiger partial charge in [0.25, 0.3) is 5.91 Å². The zero-order valence-corrected chi connectivity index (χ0v) is 21.9. The van der Waals surface area contributed by atoms with Gasteiger partial charge in [0.2, 0.25) is 5.91 Å². The molecule has 1 saturated carbocycles. The van der Waals surface area contributed by atoms with Gasteiger partial charge in [-0.2, -0.15) is 0 Å². The van der Waals surface area contributed by atoms with Gasteiger partial charge in [-0.15, -0.1) is 11.3 Å². The van der Waals surface area contributed by atoms with Crippen LogP contribution in [0.15, 0.2) is 47.8 Å². The molecule has 0 spiro atoms. The molecule has 1 aromatic heterocycles. The van der Waals surface area contributed by atoms with Gasteiger partial charge in [0.15, 0.2) is 0 Å². The van der Waals surface area contributed by atoms with Crippen LogP contribution in [0.5, 0.6) is 5.75 Å². The summed E-state index contributed by atoms with van der Waals surface area (Å²) in [4.78, 5) is 32.0. The van der Waals surface area contributed by atoms with E-state index in [9.17, 15) is 9.59 Å². The van der Waals surface area contributed by atoms with E-state index in [1.165, 1.54) is 22.5 Å². The van der Waals surface area contributed by atoms with Crippen molar-refractivity contribution in [3.63, 3.8) is 0 Å². The number of hydrogen-bond acceptors (Lipinski definition) is 5. The van der Waals surface area contributed by atoms with Crippen molar-refractivity contribution in [1.82, 2.24) is 15.2 Å². The summed E-state index contributed by atoms with van der Waals surface area (Å²) in [6.45, 7) is 7.86. The lowest BCUT2D eigenvalue weighted by atomic mass is 9.87. The molecule has 5 rings (SSSR count). The molecule has 0 saturated heterocycles. The number of amides is 2. The minimum atomic E-state index is -0.151. The molecule has 1 aliphatic carbocycles. The lowest BCUT2D eigenvalue weighted by Gasteiger charge is -2.38. The Morgan fingerprint density at radius 3 is 2.78 bits per heavy atom. The molecule has 6 nitrogen and oxygen atoms in total. The maximum atomic E-state index is 13.2. The minimum Gasteiger partial charge on any atom is -0.486 e. The van der Waals surface area contributed by atoms with E-state index in [-0.39, 0.29) is 23.8 Å². The van der Waals surface area contributed by atoms with Crippen molar-refractivity contribution in [3.8, 4) is 5.75 Å². The van der Waals surface area contributed by atoms with Gasteiger partial charge >= 0.3 is 0 Å². The Bertz CT molecular complexity index is 1260. The lowest BCUT2D eigenvalue weighted by molar-refractivity contribution is -0.134. The highest BCUT2D eigenvalue weighted by Gasteiger charge is 2.39. The largest absolute Gasteiger partial charge is 0.486 e. The van der Waals surface area contributed by atoms with E-state index in [0.29, 0.717) is 24.8 Å². The number of ether oxygens (including phenoxy) is 1. The van der Waals surface area contributed by atoms with Crippen LogP contribution in [0.4, 0.5) is 0 Å². The highest BCUT2D eigenvalue weighted by atomic mass is 32.1. The highest BCUT2D eigenvalue weighted by Crippen LogP contribution is 2.41. The second kappa shape index (κ2) is 10.4. The molecule has 2 amide bonds. The number of nitrogens with one attached hydrogen (secondary N) is 1. The van der Waals surface area contributed by atoms with Crippen LogP contribution in [-0.4, -0.2) is 34.8 Å². The number of carbonyl (C=O) groups is 2. The number of fused-ring (bicyclic) bond motifs is 1. The predicted octanol–water partition coefficient (Wildman–Crippen LogP) is 5.30. The van der Waals surface area contributed by atoms with Gasteiger partial charge < -0.3 is 15.0 Å². The third kappa shape index (κ3) is 5.46. The molecule has 1 fully saturated rings. The van der Waals surface area contributed by atoms with Crippen molar-refractivity contribution < 1.29 is 14.3 Å². The van der Waals surface area contributed by atoms with Crippen LogP contribution in [-0.2, 0) is 17.8 Å². The molecule has 188 valence electrons. The summed E-state index contributed by atoms with van der Waals surface area (Å²) in [5, 5.41) is 5.43. The third-order valence-electron chi connectivity index (χ3n) is 6.73. The monoisotopic (exact) mass is 503 g/mol. The molecule has 1 unspecified atom stereocenters. The predicted molar refractivity (Wildman–Crippen MR) is 141 cm³/mol. The van der Waals surface area contributed by atoms with Gasteiger partial charge in [-0.1, -0.05) is 49.7 Å². The Hall–Kier alpha value is -3.19. The average molecular weight is 504 g/mol. The Morgan fingerprint density at radius 1 is 1.19 bits per heavy atom. The summed E-state index contributed by atoms with van der Waals surface area (Å²) in [5.41, 5.74) is 5.14. The maximum absolute atomic E-state index is 13.2. The molecule has 1 atom stereocenters. The molecule has 0 bridgehead atoms. The molecule has 3 aromatic rings. The summed E-state index contributed by atoms with van der Waals surface area (Å²) < 4.78 is 6.13. The second-order valence-corrected chi connectivity index (χ2v) is 11.2. The first-order chi connectivity index (χ1) is 17.4. The topological polar surface area (TPSA) is 71.5 Å². The summed E-state index contributed by atoms with van der Waals surface area (Å²) in [6.07, 6.45) is 2.84. The fraction of sp³-hybridized carbons (Fsp3) is 0.414. The molecule has 0 radical (unpaired) electrons. The molecule has 36 heavy (non-hydrogen) atoms. The van der Waals surface area contributed by atoms with E-state index in [0.717, 1.165) is 47.7 Å². The van der Waals surface area contributed by atoms with E-state index in [1.807, 2.05) is 6.07 Å². The van der Waals surface area contributed by atoms with E-state index in [1.54, 1.807) is 5.38 Å². The van der Waals surface area contributed by atoms with Gasteiger partial charge in [0.05, 0.1) is 6.04 Å². The smallest absolute Gasteiger partial charge is 0.270 e. The molecule has 2 aliphatic rings. The number of benzene rings is 2. The molecule has 1 aliphatic heterocycles. The van der Waals surface area contributed by atoms with Crippen molar-refractivity contribution in [2.75, 3.05) is 13.1 Å². The first-order valence-electron chi connectivity index (χ1n) is 12.7. The fourth-order valence-electron chi connectivity index (χ4n) is 4.70. The number of hydrogen-bond donors (Lipinski definition) is 1. The first-order valence-corrected chi connectivity index (χ1v) is 13.6. The molecular weight excluding hydrogens is 470 g/mol. The molecule has 2 heterocycles. The highest BCUT2D eigenvalue weighted by molar-refractivity contribution is 7.09. The van der Waals surface area contributed by atoms with Crippen LogP contribution >= 0.6 is 11.3 Å². The van der Waals surface area contributed by atoms with Crippen LogP contribution in [0.1, 0.15) is 70.5 Å². The quantitative estimate of drug-likeness (QED) is 0.453. The van der Waals surface area contributed by atoms with Crippen LogP contribution in [0, 0.1) is 18.8 Å². The Balaban J connectivity index is 1.35. The van der Waals surface area contributed by atoms with Crippen LogP contribution in [0.25, 0.3) is 0 Å². The SMILES string of the molecule is Cc1cccc(C2c3cc(OCc4nc(C(=O)NCC(C)C)cs4)ccc3CCN2C(=O)C2CC2)c1. The fourth-order valence-corrected chi connectivity index (χ4v) is 5.38.